The highest BCUT2D eigenvalue weighted by atomic mass is 16.3. The van der Waals surface area contributed by atoms with Gasteiger partial charge in [0, 0.05) is 63.1 Å². The summed E-state index contributed by atoms with van der Waals surface area (Å²) in [6.07, 6.45) is 1.77. The first-order valence-corrected chi connectivity index (χ1v) is 10.2. The van der Waals surface area contributed by atoms with Crippen molar-refractivity contribution in [2.45, 2.75) is 27.3 Å². The van der Waals surface area contributed by atoms with Gasteiger partial charge in [0.15, 0.2) is 0 Å². The highest BCUT2D eigenvalue weighted by molar-refractivity contribution is 5.84. The Hall–Kier alpha value is -2.53. The summed E-state index contributed by atoms with van der Waals surface area (Å²) in [6.45, 7) is 13.0. The third-order valence-corrected chi connectivity index (χ3v) is 5.38. The average molecular weight is 381 g/mol. The van der Waals surface area contributed by atoms with Gasteiger partial charge >= 0.3 is 0 Å². The third kappa shape index (κ3) is 5.26. The van der Waals surface area contributed by atoms with Crippen molar-refractivity contribution in [1.29, 1.82) is 0 Å². The van der Waals surface area contributed by atoms with E-state index in [0.29, 0.717) is 0 Å². The molecule has 5 nitrogen and oxygen atoms in total. The zero-order valence-corrected chi connectivity index (χ0v) is 17.3. The standard InChI is InChI=1S/C23H32N4O/c1-4-26(5-2)22-11-10-21(23(28)16-22)17-24-27-14-12-25(13-15-27)18-20-8-6-19(3)7-9-20/h6-11,16-17,28H,4-5,12-15,18H2,1-3H3/b24-17-. The molecule has 150 valence electrons. The number of nitrogens with zero attached hydrogens (tertiary/aromatic N) is 4. The smallest absolute Gasteiger partial charge is 0.126 e. The molecule has 2 aromatic rings. The van der Waals surface area contributed by atoms with Crippen LogP contribution >= 0.6 is 0 Å². The molecule has 0 atom stereocenters. The van der Waals surface area contributed by atoms with Gasteiger partial charge in [0.25, 0.3) is 0 Å². The van der Waals surface area contributed by atoms with Crippen LogP contribution in [0, 0.1) is 6.92 Å². The number of hydrogen-bond donors (Lipinski definition) is 1. The quantitative estimate of drug-likeness (QED) is 0.744. The van der Waals surface area contributed by atoms with Gasteiger partial charge in [0.05, 0.1) is 6.21 Å². The maximum atomic E-state index is 10.3. The zero-order valence-electron chi connectivity index (χ0n) is 17.3. The molecule has 0 aliphatic carbocycles. The van der Waals surface area contributed by atoms with Gasteiger partial charge in [-0.15, -0.1) is 0 Å². The Morgan fingerprint density at radius 3 is 2.29 bits per heavy atom. The van der Waals surface area contributed by atoms with E-state index in [4.69, 9.17) is 0 Å². The predicted molar refractivity (Wildman–Crippen MR) is 117 cm³/mol. The number of hydrogen-bond acceptors (Lipinski definition) is 5. The molecule has 0 radical (unpaired) electrons. The molecule has 0 bridgehead atoms. The maximum absolute atomic E-state index is 10.3. The third-order valence-electron chi connectivity index (χ3n) is 5.38. The first-order valence-electron chi connectivity index (χ1n) is 10.2. The molecule has 0 amide bonds. The van der Waals surface area contributed by atoms with Crippen LogP contribution in [0.2, 0.25) is 0 Å². The molecule has 0 spiro atoms. The van der Waals surface area contributed by atoms with Crippen molar-refractivity contribution in [2.24, 2.45) is 5.10 Å². The summed E-state index contributed by atoms with van der Waals surface area (Å²) in [6, 6.07) is 14.6. The largest absolute Gasteiger partial charge is 0.507 e. The molecule has 3 rings (SSSR count). The van der Waals surface area contributed by atoms with E-state index in [9.17, 15) is 5.11 Å². The average Bonchev–Trinajstić information content (AvgIpc) is 2.71. The molecule has 1 aliphatic heterocycles. The van der Waals surface area contributed by atoms with Crippen LogP contribution in [-0.2, 0) is 6.54 Å². The summed E-state index contributed by atoms with van der Waals surface area (Å²) >= 11 is 0. The topological polar surface area (TPSA) is 42.3 Å². The van der Waals surface area contributed by atoms with Crippen LogP contribution in [-0.4, -0.2) is 60.5 Å². The number of hydrazone groups is 1. The predicted octanol–water partition coefficient (Wildman–Crippen LogP) is 3.70. The van der Waals surface area contributed by atoms with Gasteiger partial charge in [-0.2, -0.15) is 5.10 Å². The Kier molecular flexibility index (Phi) is 6.93. The highest BCUT2D eigenvalue weighted by Crippen LogP contribution is 2.23. The van der Waals surface area contributed by atoms with Crippen LogP contribution in [0.4, 0.5) is 5.69 Å². The second-order valence-corrected chi connectivity index (χ2v) is 7.38. The Balaban J connectivity index is 1.52. The number of phenols is 1. The molecule has 2 aromatic carbocycles. The Labute approximate surface area is 168 Å². The lowest BCUT2D eigenvalue weighted by molar-refractivity contribution is 0.131. The molecule has 1 saturated heterocycles. The molecule has 1 fully saturated rings. The van der Waals surface area contributed by atoms with Crippen LogP contribution in [0.1, 0.15) is 30.5 Å². The van der Waals surface area contributed by atoms with Crippen LogP contribution in [0.3, 0.4) is 0 Å². The summed E-state index contributed by atoms with van der Waals surface area (Å²) in [5.74, 6) is 0.283. The first kappa shape index (κ1) is 20.2. The van der Waals surface area contributed by atoms with E-state index in [1.165, 1.54) is 11.1 Å². The second kappa shape index (κ2) is 9.60. The van der Waals surface area contributed by atoms with E-state index in [1.807, 2.05) is 18.2 Å². The van der Waals surface area contributed by atoms with Gasteiger partial charge in [-0.05, 0) is 38.5 Å². The van der Waals surface area contributed by atoms with Crippen molar-refractivity contribution < 1.29 is 5.11 Å². The lowest BCUT2D eigenvalue weighted by Crippen LogP contribution is -2.43. The van der Waals surface area contributed by atoms with Crippen LogP contribution in [0.15, 0.2) is 47.6 Å². The molecule has 5 heteroatoms. The summed E-state index contributed by atoms with van der Waals surface area (Å²) in [4.78, 5) is 4.68. The Bertz CT molecular complexity index is 776. The van der Waals surface area contributed by atoms with Crippen molar-refractivity contribution in [3.63, 3.8) is 0 Å². The van der Waals surface area contributed by atoms with Crippen LogP contribution < -0.4 is 4.90 Å². The van der Waals surface area contributed by atoms with Gasteiger partial charge in [-0.25, -0.2) is 0 Å². The monoisotopic (exact) mass is 380 g/mol. The van der Waals surface area contributed by atoms with Crippen molar-refractivity contribution in [3.8, 4) is 5.75 Å². The van der Waals surface area contributed by atoms with Crippen LogP contribution in [0.5, 0.6) is 5.75 Å². The van der Waals surface area contributed by atoms with E-state index in [-0.39, 0.29) is 5.75 Å². The molecular formula is C23H32N4O. The van der Waals surface area contributed by atoms with E-state index in [0.717, 1.165) is 57.1 Å². The molecule has 1 aliphatic rings. The second-order valence-electron chi connectivity index (χ2n) is 7.38. The Morgan fingerprint density at radius 1 is 1.00 bits per heavy atom. The normalized spacial score (nSPS) is 15.3. The number of anilines is 1. The van der Waals surface area contributed by atoms with E-state index in [1.54, 1.807) is 6.21 Å². The molecule has 1 N–H and O–H groups in total. The number of piperazine rings is 1. The van der Waals surface area contributed by atoms with Crippen molar-refractivity contribution in [2.75, 3.05) is 44.2 Å². The number of rotatable bonds is 7. The molecular weight excluding hydrogens is 348 g/mol. The minimum atomic E-state index is 0.283. The minimum Gasteiger partial charge on any atom is -0.507 e. The van der Waals surface area contributed by atoms with Crippen molar-refractivity contribution in [1.82, 2.24) is 9.91 Å². The van der Waals surface area contributed by atoms with E-state index >= 15 is 0 Å². The molecule has 28 heavy (non-hydrogen) atoms. The van der Waals surface area contributed by atoms with Gasteiger partial charge < -0.3 is 10.0 Å². The van der Waals surface area contributed by atoms with Gasteiger partial charge in [-0.1, -0.05) is 29.8 Å². The fourth-order valence-corrected chi connectivity index (χ4v) is 3.53. The van der Waals surface area contributed by atoms with Crippen molar-refractivity contribution >= 4 is 11.9 Å². The fourth-order valence-electron chi connectivity index (χ4n) is 3.53. The molecule has 0 unspecified atom stereocenters. The first-order chi connectivity index (χ1) is 13.6. The zero-order chi connectivity index (χ0) is 19.9. The highest BCUT2D eigenvalue weighted by Gasteiger charge is 2.15. The number of aromatic hydroxyl groups is 1. The number of benzene rings is 2. The lowest BCUT2D eigenvalue weighted by Gasteiger charge is -2.33. The van der Waals surface area contributed by atoms with Crippen molar-refractivity contribution in [3.05, 3.63) is 59.2 Å². The van der Waals surface area contributed by atoms with Gasteiger partial charge in [-0.3, -0.25) is 9.91 Å². The van der Waals surface area contributed by atoms with Gasteiger partial charge in [0.1, 0.15) is 5.75 Å². The maximum Gasteiger partial charge on any atom is 0.126 e. The summed E-state index contributed by atoms with van der Waals surface area (Å²) in [5.41, 5.74) is 4.47. The molecule has 0 aromatic heterocycles. The summed E-state index contributed by atoms with van der Waals surface area (Å²) in [5, 5.41) is 17.0. The lowest BCUT2D eigenvalue weighted by atomic mass is 10.1. The fraction of sp³-hybridized carbons (Fsp3) is 0.435. The minimum absolute atomic E-state index is 0.283. The summed E-state index contributed by atoms with van der Waals surface area (Å²) in [7, 11) is 0. The number of aryl methyl sites for hydroxylation is 1. The van der Waals surface area contributed by atoms with Gasteiger partial charge in [0.2, 0.25) is 0 Å². The van der Waals surface area contributed by atoms with E-state index < -0.39 is 0 Å². The SMILES string of the molecule is CCN(CC)c1ccc(/C=N\N2CCN(Cc3ccc(C)cc3)CC2)c(O)c1. The van der Waals surface area contributed by atoms with Crippen LogP contribution in [0.25, 0.3) is 0 Å². The molecule has 0 saturated carbocycles. The molecule has 1 heterocycles. The van der Waals surface area contributed by atoms with E-state index in [2.05, 4.69) is 64.9 Å². The summed E-state index contributed by atoms with van der Waals surface area (Å²) < 4.78 is 0. The number of phenolic OH excluding ortho intramolecular Hbond substituents is 1. The Morgan fingerprint density at radius 2 is 1.68 bits per heavy atom.